The van der Waals surface area contributed by atoms with Gasteiger partial charge in [-0.1, -0.05) is 32.4 Å². The average Bonchev–Trinajstić information content (AvgIpc) is 2.83. The van der Waals surface area contributed by atoms with Crippen molar-refractivity contribution in [2.24, 2.45) is 23.2 Å². The van der Waals surface area contributed by atoms with Crippen LogP contribution in [0.15, 0.2) is 12.3 Å². The standard InChI is InChI=1S/C30H48ClN3O4Si/c1-29(2,3)39(4,5)38-11-7-10-34(28(36)37)9-6-8-24-15-25(26(31)19-32-24)27(35)33-20-30-16-21-12-22(17-30)14-23(13-21)18-30/h15,19,21-23H,6-14,16-18,20H2,1-5H3,(H,33,35)(H,36,37). The van der Waals surface area contributed by atoms with Crippen molar-refractivity contribution < 1.29 is 19.1 Å². The van der Waals surface area contributed by atoms with Crippen LogP contribution in [0.4, 0.5) is 4.79 Å². The molecule has 2 N–H and O–H groups in total. The van der Waals surface area contributed by atoms with Gasteiger partial charge in [0.05, 0.1) is 10.6 Å². The third-order valence-electron chi connectivity index (χ3n) is 9.92. The summed E-state index contributed by atoms with van der Waals surface area (Å²) >= 11 is 6.38. The maximum absolute atomic E-state index is 13.1. The number of carbonyl (C=O) groups excluding carboxylic acids is 1. The van der Waals surface area contributed by atoms with Crippen molar-refractivity contribution in [2.75, 3.05) is 26.2 Å². The number of carboxylic acid groups (broad SMARTS) is 1. The van der Waals surface area contributed by atoms with Crippen molar-refractivity contribution in [1.29, 1.82) is 0 Å². The van der Waals surface area contributed by atoms with E-state index in [9.17, 15) is 14.7 Å². The largest absolute Gasteiger partial charge is 0.465 e. The Morgan fingerprint density at radius 1 is 1.13 bits per heavy atom. The Labute approximate surface area is 240 Å². The monoisotopic (exact) mass is 577 g/mol. The van der Waals surface area contributed by atoms with Crippen LogP contribution in [0.5, 0.6) is 0 Å². The molecule has 0 radical (unpaired) electrons. The maximum atomic E-state index is 13.1. The molecule has 7 nitrogen and oxygen atoms in total. The zero-order valence-corrected chi connectivity index (χ0v) is 26.3. The van der Waals surface area contributed by atoms with E-state index in [-0.39, 0.29) is 16.4 Å². The summed E-state index contributed by atoms with van der Waals surface area (Å²) in [5.74, 6) is 2.41. The number of nitrogens with zero attached hydrogens (tertiary/aromatic N) is 2. The molecule has 0 aromatic carbocycles. The molecule has 4 fully saturated rings. The lowest BCUT2D eigenvalue weighted by Crippen LogP contribution is -2.51. The molecule has 0 spiro atoms. The number of carbonyl (C=O) groups is 2. The molecule has 39 heavy (non-hydrogen) atoms. The zero-order valence-electron chi connectivity index (χ0n) is 24.5. The number of rotatable bonds is 12. The second-order valence-electron chi connectivity index (χ2n) is 14.1. The van der Waals surface area contributed by atoms with E-state index >= 15 is 0 Å². The molecule has 4 aliphatic carbocycles. The van der Waals surface area contributed by atoms with Crippen molar-refractivity contribution in [2.45, 2.75) is 96.7 Å². The quantitative estimate of drug-likeness (QED) is 0.206. The van der Waals surface area contributed by atoms with Gasteiger partial charge in [-0.25, -0.2) is 4.79 Å². The smallest absolute Gasteiger partial charge is 0.407 e. The van der Waals surface area contributed by atoms with Gasteiger partial charge in [-0.15, -0.1) is 0 Å². The third-order valence-corrected chi connectivity index (χ3v) is 14.8. The number of pyridine rings is 1. The SMILES string of the molecule is CC(C)(C)[Si](C)(C)OCCCN(CCCc1cc(C(=O)NCC23CC4CC(CC(C4)C2)C3)c(Cl)cn1)C(=O)O. The minimum atomic E-state index is -1.83. The van der Waals surface area contributed by atoms with Gasteiger partial charge in [-0.3, -0.25) is 9.78 Å². The predicted octanol–water partition coefficient (Wildman–Crippen LogP) is 7.01. The van der Waals surface area contributed by atoms with Gasteiger partial charge in [0.1, 0.15) is 0 Å². The van der Waals surface area contributed by atoms with Crippen molar-refractivity contribution in [1.82, 2.24) is 15.2 Å². The van der Waals surface area contributed by atoms with Crippen molar-refractivity contribution in [3.8, 4) is 0 Å². The first kappa shape index (κ1) is 30.3. The van der Waals surface area contributed by atoms with Crippen LogP contribution in [0.3, 0.4) is 0 Å². The maximum Gasteiger partial charge on any atom is 0.407 e. The Morgan fingerprint density at radius 2 is 1.72 bits per heavy atom. The molecule has 0 aliphatic heterocycles. The summed E-state index contributed by atoms with van der Waals surface area (Å²) in [7, 11) is -1.83. The van der Waals surface area contributed by atoms with Crippen molar-refractivity contribution in [3.05, 3.63) is 28.5 Å². The molecule has 4 saturated carbocycles. The Morgan fingerprint density at radius 3 is 2.28 bits per heavy atom. The fraction of sp³-hybridized carbons (Fsp3) is 0.767. The highest BCUT2D eigenvalue weighted by Gasteiger charge is 2.50. The summed E-state index contributed by atoms with van der Waals surface area (Å²) in [6.07, 6.45) is 10.4. The van der Waals surface area contributed by atoms with E-state index in [0.29, 0.717) is 49.5 Å². The van der Waals surface area contributed by atoms with Crippen LogP contribution in [-0.4, -0.2) is 61.5 Å². The molecule has 218 valence electrons. The van der Waals surface area contributed by atoms with Crippen LogP contribution >= 0.6 is 11.6 Å². The molecular weight excluding hydrogens is 530 g/mol. The van der Waals surface area contributed by atoms with Gasteiger partial charge >= 0.3 is 6.09 Å². The summed E-state index contributed by atoms with van der Waals surface area (Å²) in [4.78, 5) is 30.8. The van der Waals surface area contributed by atoms with E-state index in [2.05, 4.69) is 44.2 Å². The van der Waals surface area contributed by atoms with E-state index in [0.717, 1.165) is 30.0 Å². The number of nitrogens with one attached hydrogen (secondary N) is 1. The van der Waals surface area contributed by atoms with Crippen molar-refractivity contribution in [3.63, 3.8) is 0 Å². The number of halogens is 1. The van der Waals surface area contributed by atoms with Gasteiger partial charge in [0.25, 0.3) is 5.91 Å². The average molecular weight is 578 g/mol. The minimum Gasteiger partial charge on any atom is -0.465 e. The van der Waals surface area contributed by atoms with Gasteiger partial charge in [0.2, 0.25) is 0 Å². The van der Waals surface area contributed by atoms with Gasteiger partial charge in [0, 0.05) is 38.1 Å². The van der Waals surface area contributed by atoms with E-state index in [4.69, 9.17) is 16.0 Å². The predicted molar refractivity (Wildman–Crippen MR) is 158 cm³/mol. The lowest BCUT2D eigenvalue weighted by atomic mass is 9.49. The summed E-state index contributed by atoms with van der Waals surface area (Å²) in [5, 5.41) is 13.4. The van der Waals surface area contributed by atoms with Crippen LogP contribution < -0.4 is 5.32 Å². The van der Waals surface area contributed by atoms with Crippen LogP contribution in [0, 0.1) is 23.2 Å². The topological polar surface area (TPSA) is 91.8 Å². The minimum absolute atomic E-state index is 0.131. The first-order valence-corrected chi connectivity index (χ1v) is 18.1. The zero-order chi connectivity index (χ0) is 28.4. The molecule has 4 aliphatic rings. The second kappa shape index (κ2) is 12.1. The van der Waals surface area contributed by atoms with Gasteiger partial charge in [0.15, 0.2) is 8.32 Å². The molecule has 2 amide bonds. The number of hydrogen-bond acceptors (Lipinski definition) is 4. The van der Waals surface area contributed by atoms with Crippen LogP contribution in [0.2, 0.25) is 23.2 Å². The van der Waals surface area contributed by atoms with E-state index in [1.807, 2.05) is 0 Å². The lowest BCUT2D eigenvalue weighted by Gasteiger charge is -2.56. The highest BCUT2D eigenvalue weighted by atomic mass is 35.5. The van der Waals surface area contributed by atoms with Crippen LogP contribution in [0.25, 0.3) is 0 Å². The molecular formula is C30H48ClN3O4Si. The molecule has 0 atom stereocenters. The number of aromatic nitrogens is 1. The molecule has 0 unspecified atom stereocenters. The van der Waals surface area contributed by atoms with Crippen molar-refractivity contribution >= 4 is 31.9 Å². The molecule has 1 aromatic heterocycles. The number of amides is 2. The Balaban J connectivity index is 1.24. The molecule has 4 bridgehead atoms. The summed E-state index contributed by atoms with van der Waals surface area (Å²) in [6, 6.07) is 1.77. The van der Waals surface area contributed by atoms with Gasteiger partial charge < -0.3 is 19.7 Å². The number of aryl methyl sites for hydroxylation is 1. The first-order valence-electron chi connectivity index (χ1n) is 14.8. The van der Waals surface area contributed by atoms with Crippen LogP contribution in [0.1, 0.15) is 88.2 Å². The molecule has 5 rings (SSSR count). The molecule has 1 aromatic rings. The fourth-order valence-electron chi connectivity index (χ4n) is 7.22. The first-order chi connectivity index (χ1) is 18.3. The highest BCUT2D eigenvalue weighted by molar-refractivity contribution is 6.74. The summed E-state index contributed by atoms with van der Waals surface area (Å²) < 4.78 is 6.19. The molecule has 0 saturated heterocycles. The van der Waals surface area contributed by atoms with E-state index in [1.54, 1.807) is 12.3 Å². The number of hydrogen-bond donors (Lipinski definition) is 2. The molecule has 1 heterocycles. The molecule has 9 heteroatoms. The van der Waals surface area contributed by atoms with E-state index in [1.165, 1.54) is 43.4 Å². The third kappa shape index (κ3) is 7.56. The second-order valence-corrected chi connectivity index (χ2v) is 19.3. The summed E-state index contributed by atoms with van der Waals surface area (Å²) in [6.45, 7) is 13.2. The van der Waals surface area contributed by atoms with Gasteiger partial charge in [-0.05, 0) is 105 Å². The fourth-order valence-corrected chi connectivity index (χ4v) is 8.49. The Hall–Kier alpha value is -1.64. The van der Waals surface area contributed by atoms with E-state index < -0.39 is 14.4 Å². The normalized spacial score (nSPS) is 26.1. The Kier molecular flexibility index (Phi) is 9.39. The van der Waals surface area contributed by atoms with Crippen LogP contribution in [-0.2, 0) is 10.8 Å². The van der Waals surface area contributed by atoms with Gasteiger partial charge in [-0.2, -0.15) is 0 Å². The Bertz CT molecular complexity index is 1010. The summed E-state index contributed by atoms with van der Waals surface area (Å²) in [5.41, 5.74) is 1.48. The highest BCUT2D eigenvalue weighted by Crippen LogP contribution is 2.59. The lowest BCUT2D eigenvalue weighted by molar-refractivity contribution is -0.0503.